The highest BCUT2D eigenvalue weighted by Crippen LogP contribution is 2.45. The van der Waals surface area contributed by atoms with E-state index in [4.69, 9.17) is 0 Å². The molecule has 2 heterocycles. The molecule has 0 radical (unpaired) electrons. The van der Waals surface area contributed by atoms with Gasteiger partial charge in [-0.15, -0.1) is 0 Å². The molecule has 4 atom stereocenters. The van der Waals surface area contributed by atoms with Gasteiger partial charge in [0.15, 0.2) is 0 Å². The SMILES string of the molecule is O=C1NN=C2[C@H]3CC4=NNC(=O)[C@@H]4[C@H](C3)C[C@H]12. The van der Waals surface area contributed by atoms with Crippen LogP contribution in [0.15, 0.2) is 10.2 Å². The zero-order chi connectivity index (χ0) is 11.6. The molecule has 0 aromatic carbocycles. The molecule has 4 aliphatic rings. The number of nitrogens with one attached hydrogen (secondary N) is 2. The van der Waals surface area contributed by atoms with Gasteiger partial charge in [0.1, 0.15) is 0 Å². The van der Waals surface area contributed by atoms with Crippen molar-refractivity contribution in [1.29, 1.82) is 0 Å². The van der Waals surface area contributed by atoms with Crippen LogP contribution < -0.4 is 10.9 Å². The lowest BCUT2D eigenvalue weighted by Gasteiger charge is -2.39. The summed E-state index contributed by atoms with van der Waals surface area (Å²) >= 11 is 0. The van der Waals surface area contributed by atoms with Gasteiger partial charge in [-0.2, -0.15) is 10.2 Å². The predicted molar refractivity (Wildman–Crippen MR) is 59.0 cm³/mol. The number of rotatable bonds is 0. The molecule has 2 amide bonds. The van der Waals surface area contributed by atoms with Crippen molar-refractivity contribution in [3.05, 3.63) is 0 Å². The Labute approximate surface area is 97.5 Å². The van der Waals surface area contributed by atoms with Gasteiger partial charge in [0.25, 0.3) is 0 Å². The molecule has 88 valence electrons. The lowest BCUT2D eigenvalue weighted by molar-refractivity contribution is -0.126. The maximum atomic E-state index is 11.7. The average Bonchev–Trinajstić information content (AvgIpc) is 2.85. The van der Waals surface area contributed by atoms with Crippen LogP contribution in [0, 0.1) is 23.7 Å². The van der Waals surface area contributed by atoms with E-state index in [0.29, 0.717) is 5.92 Å². The third-order valence-corrected chi connectivity index (χ3v) is 4.39. The Bertz CT molecular complexity index is 496. The Balaban J connectivity index is 1.73. The van der Waals surface area contributed by atoms with Gasteiger partial charge in [0, 0.05) is 5.92 Å². The van der Waals surface area contributed by atoms with E-state index in [1.165, 1.54) is 0 Å². The summed E-state index contributed by atoms with van der Waals surface area (Å²) in [6.07, 6.45) is 2.46. The second-order valence-corrected chi connectivity index (χ2v) is 5.25. The normalized spacial score (nSPS) is 42.1. The van der Waals surface area contributed by atoms with Crippen LogP contribution in [0.25, 0.3) is 0 Å². The Morgan fingerprint density at radius 2 is 1.88 bits per heavy atom. The summed E-state index contributed by atoms with van der Waals surface area (Å²) in [6.45, 7) is 0. The second kappa shape index (κ2) is 2.94. The van der Waals surface area contributed by atoms with Crippen LogP contribution in [0.4, 0.5) is 0 Å². The van der Waals surface area contributed by atoms with E-state index in [1.54, 1.807) is 0 Å². The molecule has 2 saturated carbocycles. The van der Waals surface area contributed by atoms with Crippen molar-refractivity contribution in [2.75, 3.05) is 0 Å². The average molecular weight is 232 g/mol. The largest absolute Gasteiger partial charge is 0.272 e. The topological polar surface area (TPSA) is 82.9 Å². The van der Waals surface area contributed by atoms with E-state index < -0.39 is 0 Å². The number of carbonyl (C=O) groups is 2. The molecule has 4 rings (SSSR count). The number of hydrazone groups is 2. The molecule has 2 bridgehead atoms. The van der Waals surface area contributed by atoms with E-state index in [9.17, 15) is 9.59 Å². The lowest BCUT2D eigenvalue weighted by Crippen LogP contribution is -2.46. The Kier molecular flexibility index (Phi) is 1.61. The van der Waals surface area contributed by atoms with Crippen molar-refractivity contribution >= 4 is 23.2 Å². The van der Waals surface area contributed by atoms with E-state index in [2.05, 4.69) is 21.1 Å². The molecule has 2 aliphatic heterocycles. The minimum atomic E-state index is -0.103. The van der Waals surface area contributed by atoms with E-state index in [-0.39, 0.29) is 29.6 Å². The molecule has 2 N–H and O–H groups in total. The summed E-state index contributed by atoms with van der Waals surface area (Å²) in [4.78, 5) is 23.4. The number of hydrogen-bond acceptors (Lipinski definition) is 4. The van der Waals surface area contributed by atoms with Crippen LogP contribution in [-0.2, 0) is 9.59 Å². The van der Waals surface area contributed by atoms with Crippen LogP contribution >= 0.6 is 0 Å². The number of hydrogen-bond donors (Lipinski definition) is 2. The Morgan fingerprint density at radius 1 is 1.06 bits per heavy atom. The first-order valence-electron chi connectivity index (χ1n) is 5.97. The third-order valence-electron chi connectivity index (χ3n) is 4.39. The van der Waals surface area contributed by atoms with Crippen LogP contribution in [0.3, 0.4) is 0 Å². The van der Waals surface area contributed by atoms with Crippen molar-refractivity contribution < 1.29 is 9.59 Å². The number of nitrogens with zero attached hydrogens (tertiary/aromatic N) is 2. The van der Waals surface area contributed by atoms with Crippen molar-refractivity contribution in [3.63, 3.8) is 0 Å². The van der Waals surface area contributed by atoms with E-state index in [0.717, 1.165) is 30.7 Å². The molecule has 0 aromatic heterocycles. The molecule has 6 nitrogen and oxygen atoms in total. The summed E-state index contributed by atoms with van der Waals surface area (Å²) in [6, 6.07) is 0. The number of fused-ring (bicyclic) bond motifs is 6. The summed E-state index contributed by atoms with van der Waals surface area (Å²) in [5.41, 5.74) is 7.05. The van der Waals surface area contributed by atoms with Gasteiger partial charge in [-0.05, 0) is 25.2 Å². The monoisotopic (exact) mass is 232 g/mol. The van der Waals surface area contributed by atoms with Crippen LogP contribution in [0.1, 0.15) is 19.3 Å². The zero-order valence-electron chi connectivity index (χ0n) is 9.14. The molecule has 0 saturated heterocycles. The first kappa shape index (κ1) is 9.32. The summed E-state index contributed by atoms with van der Waals surface area (Å²) in [5.74, 6) is 0.342. The second-order valence-electron chi connectivity index (χ2n) is 5.25. The van der Waals surface area contributed by atoms with Gasteiger partial charge in [-0.25, -0.2) is 10.9 Å². The summed E-state index contributed by atoms with van der Waals surface area (Å²) < 4.78 is 0. The molecule has 2 fully saturated rings. The summed E-state index contributed by atoms with van der Waals surface area (Å²) in [5, 5.41) is 8.26. The molecule has 6 heteroatoms. The van der Waals surface area contributed by atoms with Crippen molar-refractivity contribution in [2.24, 2.45) is 33.9 Å². The Morgan fingerprint density at radius 3 is 2.76 bits per heavy atom. The number of amides is 2. The standard InChI is InChI=1S/C11H12N4O2/c16-10-6-2-4-1-5(9(6)13-14-10)3-7-8(4)11(17)15-12-7/h4-6,8H,1-3H2,(H,14,16)(H,15,17)/t4-,5-,6+,8-/m1/s1. The fraction of sp³-hybridized carbons (Fsp3) is 0.636. The van der Waals surface area contributed by atoms with Crippen molar-refractivity contribution in [3.8, 4) is 0 Å². The molecule has 0 unspecified atom stereocenters. The smallest absolute Gasteiger partial charge is 0.249 e. The van der Waals surface area contributed by atoms with Crippen LogP contribution in [-0.4, -0.2) is 23.2 Å². The predicted octanol–water partition coefficient (Wildman–Crippen LogP) is -0.380. The molecule has 0 spiro atoms. The Hall–Kier alpha value is -1.72. The molecular formula is C11H12N4O2. The maximum absolute atomic E-state index is 11.7. The first-order valence-corrected chi connectivity index (χ1v) is 5.97. The van der Waals surface area contributed by atoms with Gasteiger partial charge in [0.05, 0.1) is 23.3 Å². The van der Waals surface area contributed by atoms with E-state index >= 15 is 0 Å². The third kappa shape index (κ3) is 1.10. The van der Waals surface area contributed by atoms with Gasteiger partial charge < -0.3 is 0 Å². The molecular weight excluding hydrogens is 220 g/mol. The lowest BCUT2D eigenvalue weighted by atomic mass is 9.62. The maximum Gasteiger partial charge on any atom is 0.249 e. The molecule has 0 aromatic rings. The van der Waals surface area contributed by atoms with Gasteiger partial charge >= 0.3 is 0 Å². The summed E-state index contributed by atoms with van der Waals surface area (Å²) in [7, 11) is 0. The van der Waals surface area contributed by atoms with Crippen LogP contribution in [0.5, 0.6) is 0 Å². The van der Waals surface area contributed by atoms with Crippen LogP contribution in [0.2, 0.25) is 0 Å². The van der Waals surface area contributed by atoms with Crippen molar-refractivity contribution in [1.82, 2.24) is 10.9 Å². The van der Waals surface area contributed by atoms with Gasteiger partial charge in [0.2, 0.25) is 11.8 Å². The van der Waals surface area contributed by atoms with E-state index in [1.807, 2.05) is 0 Å². The highest BCUT2D eigenvalue weighted by Gasteiger charge is 2.51. The zero-order valence-corrected chi connectivity index (χ0v) is 9.14. The fourth-order valence-electron chi connectivity index (χ4n) is 3.69. The van der Waals surface area contributed by atoms with Gasteiger partial charge in [-0.3, -0.25) is 9.59 Å². The number of carbonyl (C=O) groups excluding carboxylic acids is 2. The van der Waals surface area contributed by atoms with Crippen molar-refractivity contribution in [2.45, 2.75) is 19.3 Å². The fourth-order valence-corrected chi connectivity index (χ4v) is 3.69. The highest BCUT2D eigenvalue weighted by atomic mass is 16.2. The minimum absolute atomic E-state index is 0.00208. The minimum Gasteiger partial charge on any atom is -0.272 e. The molecule has 2 aliphatic carbocycles. The highest BCUT2D eigenvalue weighted by molar-refractivity contribution is 6.15. The first-order chi connectivity index (χ1) is 8.24. The quantitative estimate of drug-likeness (QED) is 0.596. The van der Waals surface area contributed by atoms with Gasteiger partial charge in [-0.1, -0.05) is 0 Å². The molecule has 17 heavy (non-hydrogen) atoms.